The lowest BCUT2D eigenvalue weighted by Crippen LogP contribution is -2.26. The van der Waals surface area contributed by atoms with Crippen molar-refractivity contribution in [2.45, 2.75) is 18.4 Å². The Morgan fingerprint density at radius 1 is 1.42 bits per heavy atom. The SMILES string of the molecule is Cc1cc(CN(C)S(=O)(=O)c2ccc(N)nc2)no1. The maximum Gasteiger partial charge on any atom is 0.244 e. The van der Waals surface area contributed by atoms with Crippen LogP contribution in [0.25, 0.3) is 0 Å². The number of nitrogen functional groups attached to an aromatic ring is 1. The highest BCUT2D eigenvalue weighted by Gasteiger charge is 2.22. The number of sulfonamides is 1. The molecule has 2 heterocycles. The van der Waals surface area contributed by atoms with Crippen molar-refractivity contribution in [1.29, 1.82) is 0 Å². The lowest BCUT2D eigenvalue weighted by atomic mass is 10.4. The van der Waals surface area contributed by atoms with Gasteiger partial charge in [0.25, 0.3) is 0 Å². The van der Waals surface area contributed by atoms with Crippen molar-refractivity contribution in [2.75, 3.05) is 12.8 Å². The van der Waals surface area contributed by atoms with E-state index >= 15 is 0 Å². The lowest BCUT2D eigenvalue weighted by Gasteiger charge is -2.15. The first kappa shape index (κ1) is 13.5. The minimum atomic E-state index is -3.61. The van der Waals surface area contributed by atoms with Crippen LogP contribution >= 0.6 is 0 Å². The quantitative estimate of drug-likeness (QED) is 0.889. The Kier molecular flexibility index (Phi) is 3.54. The maximum atomic E-state index is 12.2. The van der Waals surface area contributed by atoms with Crippen LogP contribution in [0.15, 0.2) is 33.8 Å². The van der Waals surface area contributed by atoms with Gasteiger partial charge >= 0.3 is 0 Å². The number of rotatable bonds is 4. The Hall–Kier alpha value is -1.93. The molecule has 2 aromatic rings. The molecular formula is C11H14N4O3S. The van der Waals surface area contributed by atoms with E-state index in [0.717, 1.165) is 0 Å². The molecule has 0 saturated carbocycles. The number of aromatic nitrogens is 2. The van der Waals surface area contributed by atoms with Crippen molar-refractivity contribution in [3.63, 3.8) is 0 Å². The van der Waals surface area contributed by atoms with Crippen LogP contribution in [-0.4, -0.2) is 29.9 Å². The van der Waals surface area contributed by atoms with Gasteiger partial charge in [-0.1, -0.05) is 5.16 Å². The topological polar surface area (TPSA) is 102 Å². The number of pyridine rings is 1. The van der Waals surface area contributed by atoms with Crippen molar-refractivity contribution in [3.8, 4) is 0 Å². The number of nitrogens with two attached hydrogens (primary N) is 1. The second kappa shape index (κ2) is 4.98. The van der Waals surface area contributed by atoms with Crippen LogP contribution in [0, 0.1) is 6.92 Å². The Bertz CT molecular complexity index is 664. The predicted octanol–water partition coefficient (Wildman–Crippen LogP) is 0.781. The molecule has 0 bridgehead atoms. The number of nitrogens with zero attached hydrogens (tertiary/aromatic N) is 3. The average molecular weight is 282 g/mol. The molecule has 2 rings (SSSR count). The van der Waals surface area contributed by atoms with E-state index in [-0.39, 0.29) is 17.3 Å². The van der Waals surface area contributed by atoms with Crippen molar-refractivity contribution in [1.82, 2.24) is 14.4 Å². The summed E-state index contributed by atoms with van der Waals surface area (Å²) in [6.07, 6.45) is 1.23. The smallest absolute Gasteiger partial charge is 0.244 e. The summed E-state index contributed by atoms with van der Waals surface area (Å²) in [5, 5.41) is 3.76. The van der Waals surface area contributed by atoms with Gasteiger partial charge in [-0.25, -0.2) is 13.4 Å². The first-order valence-electron chi connectivity index (χ1n) is 5.49. The van der Waals surface area contributed by atoms with Crippen molar-refractivity contribution in [3.05, 3.63) is 35.9 Å². The molecule has 2 N–H and O–H groups in total. The van der Waals surface area contributed by atoms with Gasteiger partial charge in [-0.2, -0.15) is 4.31 Å². The number of aryl methyl sites for hydroxylation is 1. The third kappa shape index (κ3) is 2.91. The van der Waals surface area contributed by atoms with Crippen LogP contribution in [0.3, 0.4) is 0 Å². The third-order valence-corrected chi connectivity index (χ3v) is 4.32. The first-order chi connectivity index (χ1) is 8.89. The zero-order valence-electron chi connectivity index (χ0n) is 10.6. The zero-order valence-corrected chi connectivity index (χ0v) is 11.4. The van der Waals surface area contributed by atoms with E-state index < -0.39 is 10.0 Å². The van der Waals surface area contributed by atoms with Gasteiger partial charge in [-0.3, -0.25) is 0 Å². The molecule has 0 aromatic carbocycles. The minimum absolute atomic E-state index is 0.0874. The molecule has 8 heteroatoms. The van der Waals surface area contributed by atoms with Crippen molar-refractivity contribution in [2.24, 2.45) is 0 Å². The fourth-order valence-corrected chi connectivity index (χ4v) is 2.62. The van der Waals surface area contributed by atoms with Gasteiger partial charge in [0.2, 0.25) is 10.0 Å². The number of anilines is 1. The van der Waals surface area contributed by atoms with Crippen molar-refractivity contribution < 1.29 is 12.9 Å². The Morgan fingerprint density at radius 3 is 2.68 bits per heavy atom. The van der Waals surface area contributed by atoms with Crippen LogP contribution in [0.2, 0.25) is 0 Å². The standard InChI is InChI=1S/C11H14N4O3S/c1-8-5-9(14-18-8)7-15(2)19(16,17)10-3-4-11(12)13-6-10/h3-6H,7H2,1-2H3,(H2,12,13). The van der Waals surface area contributed by atoms with Gasteiger partial charge < -0.3 is 10.3 Å². The lowest BCUT2D eigenvalue weighted by molar-refractivity contribution is 0.378. The molecule has 0 unspecified atom stereocenters. The molecule has 2 aromatic heterocycles. The monoisotopic (exact) mass is 282 g/mol. The molecule has 7 nitrogen and oxygen atoms in total. The third-order valence-electron chi connectivity index (χ3n) is 2.53. The summed E-state index contributed by atoms with van der Waals surface area (Å²) in [5.41, 5.74) is 5.98. The van der Waals surface area contributed by atoms with Gasteiger partial charge in [0.15, 0.2) is 0 Å². The van der Waals surface area contributed by atoms with Crippen LogP contribution < -0.4 is 5.73 Å². The van der Waals surface area contributed by atoms with Crippen LogP contribution in [0.1, 0.15) is 11.5 Å². The minimum Gasteiger partial charge on any atom is -0.384 e. The van der Waals surface area contributed by atoms with Crippen molar-refractivity contribution >= 4 is 15.8 Å². The summed E-state index contributed by atoms with van der Waals surface area (Å²) >= 11 is 0. The average Bonchev–Trinajstić information content (AvgIpc) is 2.75. The summed E-state index contributed by atoms with van der Waals surface area (Å²) in [4.78, 5) is 3.86. The second-order valence-electron chi connectivity index (χ2n) is 4.11. The molecule has 0 saturated heterocycles. The second-order valence-corrected chi connectivity index (χ2v) is 6.15. The summed E-state index contributed by atoms with van der Waals surface area (Å²) in [6.45, 7) is 1.87. The van der Waals surface area contributed by atoms with Gasteiger partial charge in [-0.05, 0) is 19.1 Å². The van der Waals surface area contributed by atoms with Crippen LogP contribution in [-0.2, 0) is 16.6 Å². The predicted molar refractivity (Wildman–Crippen MR) is 68.5 cm³/mol. The molecule has 0 amide bonds. The van der Waals surface area contributed by atoms with Gasteiger partial charge in [0.1, 0.15) is 16.5 Å². The Morgan fingerprint density at radius 2 is 2.16 bits per heavy atom. The van der Waals surface area contributed by atoms with Crippen LogP contribution in [0.5, 0.6) is 0 Å². The molecule has 0 fully saturated rings. The molecule has 0 spiro atoms. The molecular weight excluding hydrogens is 268 g/mol. The highest BCUT2D eigenvalue weighted by atomic mass is 32.2. The molecule has 0 aliphatic rings. The Labute approximate surface area is 111 Å². The number of hydrogen-bond donors (Lipinski definition) is 1. The number of hydrogen-bond acceptors (Lipinski definition) is 6. The molecule has 0 aliphatic carbocycles. The first-order valence-corrected chi connectivity index (χ1v) is 6.93. The van der Waals surface area contributed by atoms with E-state index in [4.69, 9.17) is 10.3 Å². The van der Waals surface area contributed by atoms with Gasteiger partial charge in [-0.15, -0.1) is 0 Å². The molecule has 0 radical (unpaired) electrons. The van der Waals surface area contributed by atoms with Gasteiger partial charge in [0.05, 0.1) is 12.2 Å². The summed E-state index contributed by atoms with van der Waals surface area (Å²) in [5.74, 6) is 0.906. The molecule has 102 valence electrons. The highest BCUT2D eigenvalue weighted by Crippen LogP contribution is 2.16. The largest absolute Gasteiger partial charge is 0.384 e. The Balaban J connectivity index is 2.21. The highest BCUT2D eigenvalue weighted by molar-refractivity contribution is 7.89. The van der Waals surface area contributed by atoms with E-state index in [9.17, 15) is 8.42 Å². The van der Waals surface area contributed by atoms with E-state index in [0.29, 0.717) is 11.5 Å². The molecule has 0 aliphatic heterocycles. The van der Waals surface area contributed by atoms with Crippen LogP contribution in [0.4, 0.5) is 5.82 Å². The van der Waals surface area contributed by atoms with E-state index in [1.54, 1.807) is 13.0 Å². The normalized spacial score (nSPS) is 11.9. The summed E-state index contributed by atoms with van der Waals surface area (Å²) in [6, 6.07) is 4.55. The van der Waals surface area contributed by atoms with Gasteiger partial charge in [0, 0.05) is 19.3 Å². The van der Waals surface area contributed by atoms with E-state index in [1.807, 2.05) is 0 Å². The summed E-state index contributed by atoms with van der Waals surface area (Å²) < 4.78 is 30.6. The fraction of sp³-hybridized carbons (Fsp3) is 0.273. The van der Waals surface area contributed by atoms with E-state index in [1.165, 1.54) is 29.7 Å². The maximum absolute atomic E-state index is 12.2. The fourth-order valence-electron chi connectivity index (χ4n) is 1.53. The molecule has 0 atom stereocenters. The van der Waals surface area contributed by atoms with E-state index in [2.05, 4.69) is 10.1 Å². The molecule has 19 heavy (non-hydrogen) atoms. The zero-order chi connectivity index (χ0) is 14.0. The summed E-state index contributed by atoms with van der Waals surface area (Å²) in [7, 11) is -2.14.